The Labute approximate surface area is 127 Å². The summed E-state index contributed by atoms with van der Waals surface area (Å²) < 4.78 is 11.1. The Morgan fingerprint density at radius 3 is 2.71 bits per heavy atom. The first-order chi connectivity index (χ1) is 9.99. The van der Waals surface area contributed by atoms with Crippen LogP contribution in [0.25, 0.3) is 10.9 Å². The minimum absolute atomic E-state index is 0.265. The number of nitrogens with zero attached hydrogens (tertiary/aromatic N) is 1. The van der Waals surface area contributed by atoms with Crippen LogP contribution in [0.4, 0.5) is 4.79 Å². The molecule has 1 heterocycles. The summed E-state index contributed by atoms with van der Waals surface area (Å²) in [6.45, 7) is 3.72. The molecule has 21 heavy (non-hydrogen) atoms. The summed E-state index contributed by atoms with van der Waals surface area (Å²) in [7, 11) is 1.33. The number of halogens is 1. The van der Waals surface area contributed by atoms with Crippen molar-refractivity contribution in [2.75, 3.05) is 13.7 Å². The van der Waals surface area contributed by atoms with Crippen molar-refractivity contribution in [3.8, 4) is 0 Å². The van der Waals surface area contributed by atoms with Crippen molar-refractivity contribution in [2.24, 2.45) is 0 Å². The summed E-state index contributed by atoms with van der Waals surface area (Å²) in [5, 5.41) is 1.27. The van der Waals surface area contributed by atoms with Gasteiger partial charge in [-0.15, -0.1) is 0 Å². The molecule has 2 rings (SSSR count). The number of hydrogen-bond donors (Lipinski definition) is 0. The number of aromatic nitrogens is 1. The molecule has 0 aliphatic rings. The lowest BCUT2D eigenvalue weighted by Crippen LogP contribution is -2.13. The van der Waals surface area contributed by atoms with Crippen molar-refractivity contribution in [3.63, 3.8) is 0 Å². The van der Waals surface area contributed by atoms with Gasteiger partial charge in [-0.05, 0) is 31.5 Å². The van der Waals surface area contributed by atoms with Crippen LogP contribution in [0, 0.1) is 0 Å². The molecule has 1 atom stereocenters. The standard InChI is InChI=1S/C15H16ClNO4/c1-4-21-15(19)17-8-12(9(2)14(18)20-3)11-6-5-10(16)7-13(11)17/h5-9H,4H2,1-3H3. The molecule has 0 spiro atoms. The van der Waals surface area contributed by atoms with Gasteiger partial charge in [-0.2, -0.15) is 0 Å². The summed E-state index contributed by atoms with van der Waals surface area (Å²) in [4.78, 5) is 23.8. The molecule has 112 valence electrons. The van der Waals surface area contributed by atoms with Gasteiger partial charge in [0.05, 0.1) is 25.2 Å². The van der Waals surface area contributed by atoms with E-state index in [2.05, 4.69) is 0 Å². The van der Waals surface area contributed by atoms with Crippen molar-refractivity contribution >= 4 is 34.6 Å². The number of methoxy groups -OCH3 is 1. The highest BCUT2D eigenvalue weighted by atomic mass is 35.5. The molecule has 6 heteroatoms. The average molecular weight is 310 g/mol. The van der Waals surface area contributed by atoms with Crippen LogP contribution in [0.15, 0.2) is 24.4 Å². The van der Waals surface area contributed by atoms with Crippen molar-refractivity contribution in [1.82, 2.24) is 4.57 Å². The fraction of sp³-hybridized carbons (Fsp3) is 0.333. The topological polar surface area (TPSA) is 57.5 Å². The zero-order chi connectivity index (χ0) is 15.6. The van der Waals surface area contributed by atoms with Gasteiger partial charge in [0.2, 0.25) is 0 Å². The van der Waals surface area contributed by atoms with Gasteiger partial charge in [0.15, 0.2) is 0 Å². The van der Waals surface area contributed by atoms with Crippen LogP contribution in [-0.2, 0) is 14.3 Å². The van der Waals surface area contributed by atoms with Gasteiger partial charge >= 0.3 is 12.1 Å². The lowest BCUT2D eigenvalue weighted by atomic mass is 10.0. The number of carbonyl (C=O) groups excluding carboxylic acids is 2. The molecular weight excluding hydrogens is 294 g/mol. The number of hydrogen-bond acceptors (Lipinski definition) is 4. The molecule has 5 nitrogen and oxygen atoms in total. The number of fused-ring (bicyclic) bond motifs is 1. The summed E-state index contributed by atoms with van der Waals surface area (Å²) in [6, 6.07) is 5.16. The molecule has 2 aromatic rings. The van der Waals surface area contributed by atoms with Gasteiger partial charge in [0, 0.05) is 16.6 Å². The first-order valence-electron chi connectivity index (χ1n) is 6.55. The monoisotopic (exact) mass is 309 g/mol. The molecule has 0 N–H and O–H groups in total. The van der Waals surface area contributed by atoms with Crippen LogP contribution in [0.3, 0.4) is 0 Å². The summed E-state index contributed by atoms with van der Waals surface area (Å²) in [5.74, 6) is -0.859. The lowest BCUT2D eigenvalue weighted by Gasteiger charge is -2.07. The zero-order valence-electron chi connectivity index (χ0n) is 12.1. The number of benzene rings is 1. The molecule has 1 aromatic heterocycles. The van der Waals surface area contributed by atoms with E-state index in [9.17, 15) is 9.59 Å². The Balaban J connectivity index is 2.62. The maximum atomic E-state index is 12.0. The van der Waals surface area contributed by atoms with E-state index in [1.165, 1.54) is 11.7 Å². The maximum absolute atomic E-state index is 12.0. The molecule has 1 unspecified atom stereocenters. The Morgan fingerprint density at radius 2 is 2.10 bits per heavy atom. The average Bonchev–Trinajstić information content (AvgIpc) is 2.84. The van der Waals surface area contributed by atoms with E-state index in [1.807, 2.05) is 0 Å². The zero-order valence-corrected chi connectivity index (χ0v) is 12.8. The second-order valence-corrected chi connectivity index (χ2v) is 5.00. The number of carbonyl (C=O) groups is 2. The molecule has 0 fully saturated rings. The van der Waals surface area contributed by atoms with Crippen molar-refractivity contribution in [2.45, 2.75) is 19.8 Å². The largest absolute Gasteiger partial charge is 0.469 e. The highest BCUT2D eigenvalue weighted by molar-refractivity contribution is 6.31. The van der Waals surface area contributed by atoms with Gasteiger partial charge in [0.1, 0.15) is 0 Å². The van der Waals surface area contributed by atoms with Gasteiger partial charge in [-0.1, -0.05) is 17.7 Å². The molecule has 0 amide bonds. The van der Waals surface area contributed by atoms with Crippen molar-refractivity contribution in [3.05, 3.63) is 35.0 Å². The van der Waals surface area contributed by atoms with Gasteiger partial charge in [0.25, 0.3) is 0 Å². The normalized spacial score (nSPS) is 12.2. The van der Waals surface area contributed by atoms with Gasteiger partial charge in [-0.3, -0.25) is 9.36 Å². The highest BCUT2D eigenvalue weighted by Gasteiger charge is 2.23. The van der Waals surface area contributed by atoms with Crippen LogP contribution in [0.2, 0.25) is 5.02 Å². The second kappa shape index (κ2) is 6.18. The van der Waals surface area contributed by atoms with E-state index in [0.717, 1.165) is 5.39 Å². The van der Waals surface area contributed by atoms with Crippen molar-refractivity contribution < 1.29 is 19.1 Å². The smallest absolute Gasteiger partial charge is 0.418 e. The maximum Gasteiger partial charge on any atom is 0.418 e. The van der Waals surface area contributed by atoms with Gasteiger partial charge in [-0.25, -0.2) is 4.79 Å². The number of esters is 1. The Kier molecular flexibility index (Phi) is 4.53. The SMILES string of the molecule is CCOC(=O)n1cc(C(C)C(=O)OC)c2ccc(Cl)cc21. The first kappa shape index (κ1) is 15.4. The number of rotatable bonds is 3. The van der Waals surface area contributed by atoms with Crippen LogP contribution >= 0.6 is 11.6 Å². The predicted octanol–water partition coefficient (Wildman–Crippen LogP) is 3.58. The molecule has 0 radical (unpaired) electrons. The lowest BCUT2D eigenvalue weighted by molar-refractivity contribution is -0.141. The quantitative estimate of drug-likeness (QED) is 0.813. The van der Waals surface area contributed by atoms with E-state index in [-0.39, 0.29) is 12.6 Å². The summed E-state index contributed by atoms with van der Waals surface area (Å²) in [6.07, 6.45) is 1.09. The van der Waals surface area contributed by atoms with Crippen molar-refractivity contribution in [1.29, 1.82) is 0 Å². The highest BCUT2D eigenvalue weighted by Crippen LogP contribution is 2.30. The molecule has 0 saturated heterocycles. The Bertz CT molecular complexity index is 692. The predicted molar refractivity (Wildman–Crippen MR) is 79.8 cm³/mol. The third-order valence-corrected chi connectivity index (χ3v) is 3.52. The molecule has 0 bridgehead atoms. The minimum atomic E-state index is -0.506. The van der Waals surface area contributed by atoms with Crippen LogP contribution in [0.1, 0.15) is 25.3 Å². The molecule has 0 saturated carbocycles. The fourth-order valence-corrected chi connectivity index (χ4v) is 2.39. The van der Waals surface area contributed by atoms with Crippen LogP contribution in [-0.4, -0.2) is 30.3 Å². The Hall–Kier alpha value is -2.01. The third kappa shape index (κ3) is 2.88. The van der Waals surface area contributed by atoms with Crippen LogP contribution < -0.4 is 0 Å². The minimum Gasteiger partial charge on any atom is -0.469 e. The van der Waals surface area contributed by atoms with Gasteiger partial charge < -0.3 is 9.47 Å². The number of ether oxygens (including phenoxy) is 2. The van der Waals surface area contributed by atoms with Crippen LogP contribution in [0.5, 0.6) is 0 Å². The van der Waals surface area contributed by atoms with E-state index in [0.29, 0.717) is 16.1 Å². The van der Waals surface area contributed by atoms with E-state index < -0.39 is 12.0 Å². The Morgan fingerprint density at radius 1 is 1.38 bits per heavy atom. The summed E-state index contributed by atoms with van der Waals surface area (Å²) in [5.41, 5.74) is 1.30. The molecule has 1 aromatic carbocycles. The molecular formula is C15H16ClNO4. The fourth-order valence-electron chi connectivity index (χ4n) is 2.22. The van der Waals surface area contributed by atoms with E-state index in [1.54, 1.807) is 38.2 Å². The van der Waals surface area contributed by atoms with E-state index >= 15 is 0 Å². The second-order valence-electron chi connectivity index (χ2n) is 4.56. The molecule has 0 aliphatic heterocycles. The molecule has 0 aliphatic carbocycles. The first-order valence-corrected chi connectivity index (χ1v) is 6.92. The third-order valence-electron chi connectivity index (χ3n) is 3.28. The van der Waals surface area contributed by atoms with E-state index in [4.69, 9.17) is 21.1 Å². The summed E-state index contributed by atoms with van der Waals surface area (Å²) >= 11 is 5.99.